The Morgan fingerprint density at radius 1 is 1.18 bits per heavy atom. The van der Waals surface area contributed by atoms with Gasteiger partial charge in [0.25, 0.3) is 5.56 Å². The predicted molar refractivity (Wildman–Crippen MR) is 91.4 cm³/mol. The van der Waals surface area contributed by atoms with Crippen molar-refractivity contribution in [1.82, 2.24) is 9.38 Å². The number of hydrogen-bond donors (Lipinski definition) is 0. The van der Waals surface area contributed by atoms with E-state index in [9.17, 15) is 4.79 Å². The van der Waals surface area contributed by atoms with Crippen LogP contribution in [-0.2, 0) is 0 Å². The molecular formula is C17H12Cl2N2O. The Balaban J connectivity index is 2.07. The molecular weight excluding hydrogens is 319 g/mol. The normalized spacial score (nSPS) is 11.9. The molecule has 2 heterocycles. The maximum atomic E-state index is 12.2. The average molecular weight is 331 g/mol. The monoisotopic (exact) mass is 330 g/mol. The van der Waals surface area contributed by atoms with Gasteiger partial charge < -0.3 is 0 Å². The minimum atomic E-state index is -0.161. The molecule has 0 aliphatic heterocycles. The highest BCUT2D eigenvalue weighted by atomic mass is 35.5. The second kappa shape index (κ2) is 5.95. The minimum Gasteiger partial charge on any atom is -0.269 e. The van der Waals surface area contributed by atoms with Gasteiger partial charge >= 0.3 is 0 Å². The number of benzene rings is 1. The molecule has 0 spiro atoms. The van der Waals surface area contributed by atoms with Crippen LogP contribution in [0.25, 0.3) is 16.8 Å². The Hall–Kier alpha value is -2.10. The summed E-state index contributed by atoms with van der Waals surface area (Å²) in [6, 6.07) is 12.4. The predicted octanol–water partition coefficient (Wildman–Crippen LogP) is 4.39. The van der Waals surface area contributed by atoms with E-state index in [2.05, 4.69) is 4.98 Å². The number of rotatable bonds is 2. The van der Waals surface area contributed by atoms with E-state index in [4.69, 9.17) is 23.2 Å². The van der Waals surface area contributed by atoms with Gasteiger partial charge in [0.1, 0.15) is 5.65 Å². The zero-order chi connectivity index (χ0) is 15.7. The van der Waals surface area contributed by atoms with Crippen molar-refractivity contribution in [3.05, 3.63) is 80.9 Å². The van der Waals surface area contributed by atoms with Crippen LogP contribution in [0, 0.1) is 6.92 Å². The van der Waals surface area contributed by atoms with E-state index in [-0.39, 0.29) is 5.56 Å². The topological polar surface area (TPSA) is 34.4 Å². The summed E-state index contributed by atoms with van der Waals surface area (Å²) in [5, 5.41) is 1.06. The van der Waals surface area contributed by atoms with Gasteiger partial charge in [-0.05, 0) is 42.3 Å². The Bertz CT molecular complexity index is 928. The lowest BCUT2D eigenvalue weighted by molar-refractivity contribution is 1.02. The molecule has 5 heteroatoms. The molecule has 0 N–H and O–H groups in total. The molecule has 110 valence electrons. The summed E-state index contributed by atoms with van der Waals surface area (Å²) in [5.41, 5.74) is 2.74. The van der Waals surface area contributed by atoms with Crippen LogP contribution in [0.3, 0.4) is 0 Å². The fraction of sp³-hybridized carbons (Fsp3) is 0.0588. The summed E-state index contributed by atoms with van der Waals surface area (Å²) < 4.78 is 1.51. The number of aryl methyl sites for hydroxylation is 1. The first-order valence-electron chi connectivity index (χ1n) is 6.66. The Morgan fingerprint density at radius 3 is 2.64 bits per heavy atom. The zero-order valence-electron chi connectivity index (χ0n) is 11.8. The standard InChI is InChI=1S/C17H12Cl2N2O/c1-11-2-7-16-20-15(9-17(22)21(16)10-11)14(19)8-12-3-5-13(18)6-4-12/h2-10H,1H3/b14-8-. The second-order valence-electron chi connectivity index (χ2n) is 4.96. The number of nitrogens with zero attached hydrogens (tertiary/aromatic N) is 2. The van der Waals surface area contributed by atoms with Crippen LogP contribution in [0.5, 0.6) is 0 Å². The molecule has 0 aliphatic carbocycles. The zero-order valence-corrected chi connectivity index (χ0v) is 13.3. The van der Waals surface area contributed by atoms with Crippen molar-refractivity contribution >= 4 is 40.0 Å². The second-order valence-corrected chi connectivity index (χ2v) is 5.80. The lowest BCUT2D eigenvalue weighted by Crippen LogP contribution is -2.15. The minimum absolute atomic E-state index is 0.161. The van der Waals surface area contributed by atoms with Crippen molar-refractivity contribution in [2.75, 3.05) is 0 Å². The van der Waals surface area contributed by atoms with E-state index < -0.39 is 0 Å². The molecule has 0 saturated carbocycles. The molecule has 1 aromatic carbocycles. The first-order valence-corrected chi connectivity index (χ1v) is 7.42. The number of halogens is 2. The van der Waals surface area contributed by atoms with Gasteiger partial charge in [-0.25, -0.2) is 4.98 Å². The summed E-state index contributed by atoms with van der Waals surface area (Å²) in [6.07, 6.45) is 3.51. The average Bonchev–Trinajstić information content (AvgIpc) is 2.50. The van der Waals surface area contributed by atoms with Crippen LogP contribution in [0.2, 0.25) is 5.02 Å². The van der Waals surface area contributed by atoms with Crippen LogP contribution in [-0.4, -0.2) is 9.38 Å². The summed E-state index contributed by atoms with van der Waals surface area (Å²) in [6.45, 7) is 1.92. The van der Waals surface area contributed by atoms with Crippen molar-refractivity contribution in [1.29, 1.82) is 0 Å². The molecule has 3 nitrogen and oxygen atoms in total. The molecule has 0 atom stereocenters. The van der Waals surface area contributed by atoms with Gasteiger partial charge in [-0.1, -0.05) is 41.4 Å². The lowest BCUT2D eigenvalue weighted by atomic mass is 10.2. The number of hydrogen-bond acceptors (Lipinski definition) is 2. The van der Waals surface area contributed by atoms with Crippen molar-refractivity contribution in [3.63, 3.8) is 0 Å². The smallest absolute Gasteiger partial charge is 0.258 e. The third-order valence-electron chi connectivity index (χ3n) is 3.22. The van der Waals surface area contributed by atoms with E-state index in [0.29, 0.717) is 21.4 Å². The first kappa shape index (κ1) is 14.8. The summed E-state index contributed by atoms with van der Waals surface area (Å²) in [4.78, 5) is 16.6. The molecule has 0 radical (unpaired) electrons. The highest BCUT2D eigenvalue weighted by molar-refractivity contribution is 6.51. The molecule has 0 unspecified atom stereocenters. The lowest BCUT2D eigenvalue weighted by Gasteiger charge is -2.04. The molecule has 3 rings (SSSR count). The van der Waals surface area contributed by atoms with E-state index in [1.165, 1.54) is 10.5 Å². The van der Waals surface area contributed by atoms with Gasteiger partial charge in [0, 0.05) is 17.3 Å². The van der Waals surface area contributed by atoms with Crippen molar-refractivity contribution in [2.45, 2.75) is 6.92 Å². The van der Waals surface area contributed by atoms with Crippen molar-refractivity contribution in [3.8, 4) is 0 Å². The summed E-state index contributed by atoms with van der Waals surface area (Å²) in [5.74, 6) is 0. The number of aromatic nitrogens is 2. The van der Waals surface area contributed by atoms with Gasteiger partial charge in [-0.15, -0.1) is 0 Å². The van der Waals surface area contributed by atoms with Crippen molar-refractivity contribution < 1.29 is 0 Å². The molecule has 0 aliphatic rings. The fourth-order valence-corrected chi connectivity index (χ4v) is 2.46. The third kappa shape index (κ3) is 3.06. The highest BCUT2D eigenvalue weighted by Gasteiger charge is 2.06. The Kier molecular flexibility index (Phi) is 4.01. The first-order chi connectivity index (χ1) is 10.5. The summed E-state index contributed by atoms with van der Waals surface area (Å²) >= 11 is 12.2. The number of fused-ring (bicyclic) bond motifs is 1. The third-order valence-corrected chi connectivity index (χ3v) is 3.77. The van der Waals surface area contributed by atoms with E-state index in [1.807, 2.05) is 25.1 Å². The molecule has 0 bridgehead atoms. The van der Waals surface area contributed by atoms with Crippen LogP contribution in [0.15, 0.2) is 53.5 Å². The van der Waals surface area contributed by atoms with Gasteiger partial charge in [0.05, 0.1) is 10.7 Å². The largest absolute Gasteiger partial charge is 0.269 e. The fourth-order valence-electron chi connectivity index (χ4n) is 2.11. The SMILES string of the molecule is Cc1ccc2nc(/C(Cl)=C/c3ccc(Cl)cc3)cc(=O)n2c1. The quantitative estimate of drug-likeness (QED) is 0.698. The van der Waals surface area contributed by atoms with E-state index >= 15 is 0 Å². The maximum Gasteiger partial charge on any atom is 0.258 e. The molecule has 3 aromatic rings. The van der Waals surface area contributed by atoms with Gasteiger partial charge in [0.2, 0.25) is 0 Å². The Morgan fingerprint density at radius 2 is 1.91 bits per heavy atom. The van der Waals surface area contributed by atoms with E-state index in [1.54, 1.807) is 30.5 Å². The van der Waals surface area contributed by atoms with Gasteiger partial charge in [-0.3, -0.25) is 9.20 Å². The van der Waals surface area contributed by atoms with E-state index in [0.717, 1.165) is 11.1 Å². The summed E-state index contributed by atoms with van der Waals surface area (Å²) in [7, 11) is 0. The van der Waals surface area contributed by atoms with Gasteiger partial charge in [0.15, 0.2) is 0 Å². The van der Waals surface area contributed by atoms with Crippen LogP contribution >= 0.6 is 23.2 Å². The highest BCUT2D eigenvalue weighted by Crippen LogP contribution is 2.21. The number of pyridine rings is 1. The van der Waals surface area contributed by atoms with Crippen LogP contribution < -0.4 is 5.56 Å². The van der Waals surface area contributed by atoms with Crippen LogP contribution in [0.1, 0.15) is 16.8 Å². The molecule has 2 aromatic heterocycles. The maximum absolute atomic E-state index is 12.2. The van der Waals surface area contributed by atoms with Crippen LogP contribution in [0.4, 0.5) is 0 Å². The Labute approximate surface area is 137 Å². The van der Waals surface area contributed by atoms with Crippen molar-refractivity contribution in [2.24, 2.45) is 0 Å². The molecule has 22 heavy (non-hydrogen) atoms. The molecule has 0 saturated heterocycles. The molecule has 0 amide bonds. The molecule has 0 fully saturated rings. The van der Waals surface area contributed by atoms with Gasteiger partial charge in [-0.2, -0.15) is 0 Å².